The first kappa shape index (κ1) is 12.0. The number of hydrogen-bond donors (Lipinski definition) is 2. The highest BCUT2D eigenvalue weighted by molar-refractivity contribution is 5.68. The van der Waals surface area contributed by atoms with Gasteiger partial charge in [0.1, 0.15) is 5.60 Å². The Morgan fingerprint density at radius 3 is 2.87 bits per heavy atom. The van der Waals surface area contributed by atoms with E-state index in [2.05, 4.69) is 5.43 Å². The van der Waals surface area contributed by atoms with Gasteiger partial charge in [0.2, 0.25) is 0 Å². The number of rotatable bonds is 1. The van der Waals surface area contributed by atoms with E-state index in [1.165, 1.54) is 5.01 Å². The predicted molar refractivity (Wildman–Crippen MR) is 56.1 cm³/mol. The highest BCUT2D eigenvalue weighted by atomic mass is 16.6. The summed E-state index contributed by atoms with van der Waals surface area (Å²) < 4.78 is 5.18. The third-order valence-corrected chi connectivity index (χ3v) is 1.79. The summed E-state index contributed by atoms with van der Waals surface area (Å²) >= 11 is 0. The smallest absolute Gasteiger partial charge is 0.425 e. The Hall–Kier alpha value is -1.07. The molecular weight excluding hydrogens is 196 g/mol. The molecule has 5 heteroatoms. The lowest BCUT2D eigenvalue weighted by Crippen LogP contribution is -2.52. The number of aliphatic hydroxyl groups is 1. The zero-order valence-electron chi connectivity index (χ0n) is 9.36. The van der Waals surface area contributed by atoms with Gasteiger partial charge in [-0.05, 0) is 20.8 Å². The number of aliphatic hydroxyl groups excluding tert-OH is 1. The Labute approximate surface area is 89.7 Å². The van der Waals surface area contributed by atoms with E-state index < -0.39 is 11.7 Å². The van der Waals surface area contributed by atoms with Crippen LogP contribution in [0.15, 0.2) is 12.2 Å². The maximum Gasteiger partial charge on any atom is 0.425 e. The highest BCUT2D eigenvalue weighted by Crippen LogP contribution is 2.10. The van der Waals surface area contributed by atoms with Crippen LogP contribution >= 0.6 is 0 Å². The lowest BCUT2D eigenvalue weighted by Gasteiger charge is -2.31. The molecular formula is C10H18N2O3. The summed E-state index contributed by atoms with van der Waals surface area (Å²) in [5, 5.41) is 10.3. The topological polar surface area (TPSA) is 61.8 Å². The molecule has 2 N–H and O–H groups in total. The Morgan fingerprint density at radius 1 is 1.67 bits per heavy atom. The molecule has 15 heavy (non-hydrogen) atoms. The van der Waals surface area contributed by atoms with Crippen LogP contribution in [0.3, 0.4) is 0 Å². The second-order valence-electron chi connectivity index (χ2n) is 4.44. The first-order valence-corrected chi connectivity index (χ1v) is 4.96. The quantitative estimate of drug-likeness (QED) is 0.629. The summed E-state index contributed by atoms with van der Waals surface area (Å²) in [5.74, 6) is 0. The Balaban J connectivity index is 2.51. The number of hydrazine groups is 1. The molecule has 0 aromatic heterocycles. The van der Waals surface area contributed by atoms with E-state index in [-0.39, 0.29) is 12.6 Å². The molecule has 0 aliphatic carbocycles. The van der Waals surface area contributed by atoms with Crippen LogP contribution in [0.1, 0.15) is 20.8 Å². The maximum absolute atomic E-state index is 11.6. The summed E-state index contributed by atoms with van der Waals surface area (Å²) in [7, 11) is 0. The molecule has 0 unspecified atom stereocenters. The summed E-state index contributed by atoms with van der Waals surface area (Å²) in [6.07, 6.45) is 3.22. The molecule has 1 amide bonds. The van der Waals surface area contributed by atoms with Crippen LogP contribution in [0, 0.1) is 0 Å². The molecule has 1 atom stereocenters. The maximum atomic E-state index is 11.6. The number of amides is 1. The van der Waals surface area contributed by atoms with Gasteiger partial charge >= 0.3 is 6.09 Å². The number of nitrogens with zero attached hydrogens (tertiary/aromatic N) is 1. The first-order valence-electron chi connectivity index (χ1n) is 4.96. The van der Waals surface area contributed by atoms with Gasteiger partial charge in [0, 0.05) is 0 Å². The van der Waals surface area contributed by atoms with Crippen molar-refractivity contribution in [3.05, 3.63) is 12.2 Å². The summed E-state index contributed by atoms with van der Waals surface area (Å²) in [6.45, 7) is 5.85. The van der Waals surface area contributed by atoms with Crippen molar-refractivity contribution >= 4 is 6.09 Å². The number of hydrogen-bond acceptors (Lipinski definition) is 4. The fourth-order valence-corrected chi connectivity index (χ4v) is 1.17. The van der Waals surface area contributed by atoms with Gasteiger partial charge in [-0.3, -0.25) is 0 Å². The minimum Gasteiger partial charge on any atom is -0.443 e. The highest BCUT2D eigenvalue weighted by Gasteiger charge is 2.24. The molecule has 0 aromatic carbocycles. The average Bonchev–Trinajstić information content (AvgIpc) is 2.15. The predicted octanol–water partition coefficient (Wildman–Crippen LogP) is 0.659. The average molecular weight is 214 g/mol. The van der Waals surface area contributed by atoms with E-state index in [1.807, 2.05) is 32.9 Å². The normalized spacial score (nSPS) is 21.6. The fourth-order valence-electron chi connectivity index (χ4n) is 1.17. The van der Waals surface area contributed by atoms with Gasteiger partial charge in [-0.15, -0.1) is 0 Å². The number of carbonyl (C=O) groups is 1. The van der Waals surface area contributed by atoms with Gasteiger partial charge in [0.15, 0.2) is 0 Å². The van der Waals surface area contributed by atoms with Crippen molar-refractivity contribution < 1.29 is 14.6 Å². The molecule has 1 heterocycles. The van der Waals surface area contributed by atoms with Gasteiger partial charge in [-0.25, -0.2) is 15.2 Å². The van der Waals surface area contributed by atoms with Gasteiger partial charge in [0.25, 0.3) is 0 Å². The monoisotopic (exact) mass is 214 g/mol. The standard InChI is InChI=1S/C10H18N2O3/c1-10(2,3)15-9(14)12-6-4-5-8(7-13)11-12/h4-5,8,11,13H,6-7H2,1-3H3/t8-/m0/s1. The van der Waals surface area contributed by atoms with Crippen LogP contribution in [0.4, 0.5) is 4.79 Å². The molecule has 0 bridgehead atoms. The van der Waals surface area contributed by atoms with Crippen LogP contribution < -0.4 is 5.43 Å². The zero-order valence-corrected chi connectivity index (χ0v) is 9.36. The Kier molecular flexibility index (Phi) is 3.71. The molecule has 0 fully saturated rings. The molecule has 0 radical (unpaired) electrons. The van der Waals surface area contributed by atoms with Crippen molar-refractivity contribution in [1.82, 2.24) is 10.4 Å². The van der Waals surface area contributed by atoms with Gasteiger partial charge < -0.3 is 9.84 Å². The van der Waals surface area contributed by atoms with Crippen LogP contribution in [0.2, 0.25) is 0 Å². The van der Waals surface area contributed by atoms with E-state index >= 15 is 0 Å². The molecule has 1 aliphatic heterocycles. The number of ether oxygens (including phenoxy) is 1. The minimum absolute atomic E-state index is 0.0458. The summed E-state index contributed by atoms with van der Waals surface area (Å²) in [6, 6.07) is -0.216. The lowest BCUT2D eigenvalue weighted by atomic mass is 10.2. The van der Waals surface area contributed by atoms with Crippen molar-refractivity contribution in [3.8, 4) is 0 Å². The summed E-state index contributed by atoms with van der Waals surface area (Å²) in [5.41, 5.74) is 2.34. The molecule has 0 saturated heterocycles. The van der Waals surface area contributed by atoms with E-state index in [0.29, 0.717) is 6.54 Å². The second kappa shape index (κ2) is 4.63. The second-order valence-corrected chi connectivity index (χ2v) is 4.44. The molecule has 0 spiro atoms. The van der Waals surface area contributed by atoms with Gasteiger partial charge in [-0.2, -0.15) is 0 Å². The lowest BCUT2D eigenvalue weighted by molar-refractivity contribution is 0.0108. The zero-order chi connectivity index (χ0) is 11.5. The molecule has 1 aliphatic rings. The van der Waals surface area contributed by atoms with Crippen LogP contribution in [-0.4, -0.2) is 41.0 Å². The number of nitrogens with one attached hydrogen (secondary N) is 1. The van der Waals surface area contributed by atoms with Crippen molar-refractivity contribution in [1.29, 1.82) is 0 Å². The van der Waals surface area contributed by atoms with Gasteiger partial charge in [-0.1, -0.05) is 12.2 Å². The van der Waals surface area contributed by atoms with Crippen LogP contribution in [0.25, 0.3) is 0 Å². The van der Waals surface area contributed by atoms with E-state index in [4.69, 9.17) is 9.84 Å². The Bertz CT molecular complexity index is 258. The van der Waals surface area contributed by atoms with Crippen LogP contribution in [-0.2, 0) is 4.74 Å². The third kappa shape index (κ3) is 3.89. The molecule has 0 saturated carbocycles. The molecule has 86 valence electrons. The minimum atomic E-state index is -0.505. The molecule has 0 aromatic rings. The van der Waals surface area contributed by atoms with Crippen molar-refractivity contribution in [2.24, 2.45) is 0 Å². The van der Waals surface area contributed by atoms with Crippen LogP contribution in [0.5, 0.6) is 0 Å². The van der Waals surface area contributed by atoms with Crippen molar-refractivity contribution in [2.75, 3.05) is 13.2 Å². The first-order chi connectivity index (χ1) is 6.92. The van der Waals surface area contributed by atoms with Gasteiger partial charge in [0.05, 0.1) is 19.2 Å². The molecule has 5 nitrogen and oxygen atoms in total. The SMILES string of the molecule is CC(C)(C)OC(=O)N1CC=C[C@@H](CO)N1. The van der Waals surface area contributed by atoms with Crippen molar-refractivity contribution in [3.63, 3.8) is 0 Å². The third-order valence-electron chi connectivity index (χ3n) is 1.79. The largest absolute Gasteiger partial charge is 0.443 e. The van der Waals surface area contributed by atoms with Crippen molar-refractivity contribution in [2.45, 2.75) is 32.4 Å². The van der Waals surface area contributed by atoms with E-state index in [1.54, 1.807) is 0 Å². The van der Waals surface area contributed by atoms with E-state index in [9.17, 15) is 4.79 Å². The molecule has 1 rings (SSSR count). The van der Waals surface area contributed by atoms with E-state index in [0.717, 1.165) is 0 Å². The fraction of sp³-hybridized carbons (Fsp3) is 0.700. The summed E-state index contributed by atoms with van der Waals surface area (Å²) in [4.78, 5) is 11.6. The number of carbonyl (C=O) groups excluding carboxylic acids is 1. The Morgan fingerprint density at radius 2 is 2.33 bits per heavy atom.